The highest BCUT2D eigenvalue weighted by molar-refractivity contribution is 6.35. The van der Waals surface area contributed by atoms with Crippen molar-refractivity contribution in [2.24, 2.45) is 0 Å². The van der Waals surface area contributed by atoms with Crippen LogP contribution in [-0.2, 0) is 6.42 Å². The highest BCUT2D eigenvalue weighted by atomic mass is 35.5. The summed E-state index contributed by atoms with van der Waals surface area (Å²) in [5.74, 6) is 1.00. The van der Waals surface area contributed by atoms with Crippen LogP contribution in [0.2, 0.25) is 10.0 Å². The Bertz CT molecular complexity index is 953. The Morgan fingerprint density at radius 3 is 2.54 bits per heavy atom. The van der Waals surface area contributed by atoms with Crippen LogP contribution in [0.3, 0.4) is 0 Å². The topological polar surface area (TPSA) is 63.4 Å². The Labute approximate surface area is 161 Å². The van der Waals surface area contributed by atoms with Crippen molar-refractivity contribution in [2.75, 3.05) is 20.8 Å². The van der Waals surface area contributed by atoms with Crippen molar-refractivity contribution >= 4 is 40.0 Å². The maximum atomic E-state index is 12.5. The third kappa shape index (κ3) is 3.74. The van der Waals surface area contributed by atoms with Gasteiger partial charge in [-0.3, -0.25) is 4.79 Å². The molecule has 2 aromatic carbocycles. The molecule has 0 aliphatic heterocycles. The van der Waals surface area contributed by atoms with Crippen LogP contribution < -0.4 is 14.8 Å². The number of fused-ring (bicyclic) bond motifs is 1. The van der Waals surface area contributed by atoms with Crippen LogP contribution in [0, 0.1) is 0 Å². The third-order valence-electron chi connectivity index (χ3n) is 4.13. The summed E-state index contributed by atoms with van der Waals surface area (Å²) in [6, 6.07) is 8.93. The summed E-state index contributed by atoms with van der Waals surface area (Å²) in [7, 11) is 3.13. The van der Waals surface area contributed by atoms with E-state index in [1.54, 1.807) is 44.7 Å². The number of hydrogen-bond acceptors (Lipinski definition) is 3. The van der Waals surface area contributed by atoms with Crippen molar-refractivity contribution < 1.29 is 14.3 Å². The lowest BCUT2D eigenvalue weighted by Gasteiger charge is -2.09. The lowest BCUT2D eigenvalue weighted by molar-refractivity contribution is 0.0956. The minimum absolute atomic E-state index is 0.173. The van der Waals surface area contributed by atoms with E-state index in [9.17, 15) is 4.79 Å². The SMILES string of the molecule is COc1cc2[nH]cc(C(=O)NCCc3ccc(Cl)cc3Cl)c2cc1OC. The van der Waals surface area contributed by atoms with Crippen LogP contribution >= 0.6 is 23.2 Å². The summed E-state index contributed by atoms with van der Waals surface area (Å²) in [6.07, 6.45) is 2.29. The van der Waals surface area contributed by atoms with E-state index >= 15 is 0 Å². The maximum Gasteiger partial charge on any atom is 0.253 e. The van der Waals surface area contributed by atoms with E-state index < -0.39 is 0 Å². The number of methoxy groups -OCH3 is 2. The molecule has 0 atom stereocenters. The number of rotatable bonds is 6. The van der Waals surface area contributed by atoms with Crippen LogP contribution in [0.4, 0.5) is 0 Å². The summed E-state index contributed by atoms with van der Waals surface area (Å²) in [4.78, 5) is 15.6. The molecule has 0 saturated carbocycles. The molecule has 3 rings (SSSR count). The quantitative estimate of drug-likeness (QED) is 0.650. The van der Waals surface area contributed by atoms with E-state index in [0.717, 1.165) is 16.5 Å². The third-order valence-corrected chi connectivity index (χ3v) is 4.71. The fraction of sp³-hybridized carbons (Fsp3) is 0.211. The zero-order valence-corrected chi connectivity index (χ0v) is 15.9. The first-order valence-electron chi connectivity index (χ1n) is 7.98. The van der Waals surface area contributed by atoms with E-state index in [2.05, 4.69) is 10.3 Å². The van der Waals surface area contributed by atoms with Gasteiger partial charge in [0.25, 0.3) is 5.91 Å². The fourth-order valence-electron chi connectivity index (χ4n) is 2.77. The van der Waals surface area contributed by atoms with Gasteiger partial charge in [0.2, 0.25) is 0 Å². The fourth-order valence-corrected chi connectivity index (χ4v) is 3.27. The highest BCUT2D eigenvalue weighted by Gasteiger charge is 2.15. The van der Waals surface area contributed by atoms with E-state index in [1.807, 2.05) is 6.07 Å². The minimum atomic E-state index is -0.173. The zero-order chi connectivity index (χ0) is 18.7. The van der Waals surface area contributed by atoms with Crippen LogP contribution in [0.25, 0.3) is 10.9 Å². The number of halogens is 2. The van der Waals surface area contributed by atoms with Crippen molar-refractivity contribution in [2.45, 2.75) is 6.42 Å². The number of amides is 1. The van der Waals surface area contributed by atoms with Gasteiger partial charge in [-0.2, -0.15) is 0 Å². The van der Waals surface area contributed by atoms with Gasteiger partial charge in [0.15, 0.2) is 11.5 Å². The Kier molecular flexibility index (Phi) is 5.59. The number of aromatic amines is 1. The van der Waals surface area contributed by atoms with Gasteiger partial charge in [0.05, 0.1) is 25.3 Å². The molecule has 2 N–H and O–H groups in total. The van der Waals surface area contributed by atoms with Gasteiger partial charge >= 0.3 is 0 Å². The Morgan fingerprint density at radius 1 is 1.12 bits per heavy atom. The normalized spacial score (nSPS) is 10.8. The second-order valence-corrected chi connectivity index (χ2v) is 6.54. The number of nitrogens with one attached hydrogen (secondary N) is 2. The molecular formula is C19H18Cl2N2O3. The standard InChI is InChI=1S/C19H18Cl2N2O3/c1-25-17-8-13-14(10-23-16(13)9-18(17)26-2)19(24)22-6-5-11-3-4-12(20)7-15(11)21/h3-4,7-10,23H,5-6H2,1-2H3,(H,22,24). The van der Waals surface area contributed by atoms with Gasteiger partial charge in [-0.25, -0.2) is 0 Å². The van der Waals surface area contributed by atoms with E-state index in [-0.39, 0.29) is 5.91 Å². The summed E-state index contributed by atoms with van der Waals surface area (Å²) in [5.41, 5.74) is 2.28. The van der Waals surface area contributed by atoms with Crippen molar-refractivity contribution in [3.8, 4) is 11.5 Å². The minimum Gasteiger partial charge on any atom is -0.493 e. The molecule has 0 spiro atoms. The largest absolute Gasteiger partial charge is 0.493 e. The first-order valence-corrected chi connectivity index (χ1v) is 8.74. The van der Waals surface area contributed by atoms with Gasteiger partial charge in [0.1, 0.15) is 0 Å². The van der Waals surface area contributed by atoms with Gasteiger partial charge < -0.3 is 19.8 Å². The van der Waals surface area contributed by atoms with Crippen molar-refractivity contribution in [3.05, 3.63) is 57.7 Å². The predicted octanol–water partition coefficient (Wildman–Crippen LogP) is 4.46. The second-order valence-electron chi connectivity index (χ2n) is 5.70. The summed E-state index contributed by atoms with van der Waals surface area (Å²) in [6.45, 7) is 0.458. The van der Waals surface area contributed by atoms with E-state index in [0.29, 0.717) is 40.1 Å². The highest BCUT2D eigenvalue weighted by Crippen LogP contribution is 2.33. The van der Waals surface area contributed by atoms with E-state index in [4.69, 9.17) is 32.7 Å². The molecule has 1 heterocycles. The molecule has 1 aromatic heterocycles. The molecule has 0 aliphatic carbocycles. The van der Waals surface area contributed by atoms with Gasteiger partial charge in [-0.05, 0) is 30.2 Å². The maximum absolute atomic E-state index is 12.5. The molecule has 0 aliphatic rings. The van der Waals surface area contributed by atoms with Gasteiger partial charge in [-0.15, -0.1) is 0 Å². The molecule has 3 aromatic rings. The number of ether oxygens (including phenoxy) is 2. The molecule has 0 unspecified atom stereocenters. The summed E-state index contributed by atoms with van der Waals surface area (Å²) < 4.78 is 10.6. The molecule has 0 bridgehead atoms. The molecule has 5 nitrogen and oxygen atoms in total. The Morgan fingerprint density at radius 2 is 1.85 bits per heavy atom. The number of carbonyl (C=O) groups excluding carboxylic acids is 1. The first kappa shape index (κ1) is 18.4. The number of aromatic nitrogens is 1. The van der Waals surface area contributed by atoms with Crippen molar-refractivity contribution in [1.82, 2.24) is 10.3 Å². The second kappa shape index (κ2) is 7.89. The average Bonchev–Trinajstić information content (AvgIpc) is 3.05. The average molecular weight is 393 g/mol. The number of benzene rings is 2. The Hall–Kier alpha value is -2.37. The molecule has 1 amide bonds. The van der Waals surface area contributed by atoms with Crippen LogP contribution in [0.1, 0.15) is 15.9 Å². The smallest absolute Gasteiger partial charge is 0.253 e. The first-order chi connectivity index (χ1) is 12.5. The molecule has 0 saturated heterocycles. The van der Waals surface area contributed by atoms with Crippen LogP contribution in [0.5, 0.6) is 11.5 Å². The van der Waals surface area contributed by atoms with Crippen LogP contribution in [0.15, 0.2) is 36.5 Å². The number of hydrogen-bond donors (Lipinski definition) is 2. The monoisotopic (exact) mass is 392 g/mol. The molecule has 136 valence electrons. The lowest BCUT2D eigenvalue weighted by atomic mass is 10.1. The number of carbonyl (C=O) groups is 1. The summed E-state index contributed by atoms with van der Waals surface area (Å²) >= 11 is 12.1. The van der Waals surface area contributed by atoms with Gasteiger partial charge in [0, 0.05) is 34.2 Å². The molecule has 26 heavy (non-hydrogen) atoms. The predicted molar refractivity (Wildman–Crippen MR) is 104 cm³/mol. The molecular weight excluding hydrogens is 375 g/mol. The van der Waals surface area contributed by atoms with Gasteiger partial charge in [-0.1, -0.05) is 29.3 Å². The number of H-pyrrole nitrogens is 1. The molecule has 0 fully saturated rings. The molecule has 7 heteroatoms. The van der Waals surface area contributed by atoms with Crippen LogP contribution in [-0.4, -0.2) is 31.7 Å². The van der Waals surface area contributed by atoms with Crippen molar-refractivity contribution in [1.29, 1.82) is 0 Å². The zero-order valence-electron chi connectivity index (χ0n) is 14.4. The summed E-state index contributed by atoms with van der Waals surface area (Å²) in [5, 5.41) is 4.86. The van der Waals surface area contributed by atoms with Crippen molar-refractivity contribution in [3.63, 3.8) is 0 Å². The Balaban J connectivity index is 1.73. The lowest BCUT2D eigenvalue weighted by Crippen LogP contribution is -2.25. The van der Waals surface area contributed by atoms with E-state index in [1.165, 1.54) is 0 Å². The molecule has 0 radical (unpaired) electrons.